The van der Waals surface area contributed by atoms with Crippen molar-refractivity contribution < 1.29 is 18.3 Å². The van der Waals surface area contributed by atoms with Gasteiger partial charge in [-0.05, 0) is 36.5 Å². The second-order valence-corrected chi connectivity index (χ2v) is 7.63. The first-order chi connectivity index (χ1) is 9.56. The van der Waals surface area contributed by atoms with Crippen LogP contribution in [0.1, 0.15) is 36.7 Å². The molecule has 118 valence electrons. The lowest BCUT2D eigenvalue weighted by Gasteiger charge is -2.17. The molecule has 1 aromatic rings. The number of hydrogen-bond acceptors (Lipinski definition) is 3. The van der Waals surface area contributed by atoms with Gasteiger partial charge in [0.2, 0.25) is 10.0 Å². The molecule has 5 nitrogen and oxygen atoms in total. The average molecular weight is 334 g/mol. The third kappa shape index (κ3) is 4.43. The Kier molecular flexibility index (Phi) is 5.78. The van der Waals surface area contributed by atoms with Crippen LogP contribution in [0.5, 0.6) is 0 Å². The van der Waals surface area contributed by atoms with E-state index in [-0.39, 0.29) is 33.5 Å². The number of sulfonamides is 1. The standard InChI is InChI=1S/C14H20ClNO4S/c1-8(2)9(3)7-16-21(19,20)13-6-11(15)5-12(10(13)4)14(17)18/h5-6,8-9,16H,7H2,1-4H3,(H,17,18). The second kappa shape index (κ2) is 6.77. The van der Waals surface area contributed by atoms with Crippen LogP contribution in [0.3, 0.4) is 0 Å². The van der Waals surface area contributed by atoms with E-state index in [0.717, 1.165) is 0 Å². The van der Waals surface area contributed by atoms with Gasteiger partial charge in [0.1, 0.15) is 0 Å². The van der Waals surface area contributed by atoms with E-state index in [4.69, 9.17) is 16.7 Å². The molecule has 1 rings (SSSR count). The fourth-order valence-corrected chi connectivity index (χ4v) is 3.43. The number of halogens is 1. The maximum atomic E-state index is 12.3. The molecule has 0 bridgehead atoms. The second-order valence-electron chi connectivity index (χ2n) is 5.45. The Labute approximate surface area is 130 Å². The molecule has 0 fully saturated rings. The molecule has 21 heavy (non-hydrogen) atoms. The van der Waals surface area contributed by atoms with Gasteiger partial charge in [-0.2, -0.15) is 0 Å². The first kappa shape index (κ1) is 17.9. The van der Waals surface area contributed by atoms with Crippen LogP contribution in [-0.4, -0.2) is 26.0 Å². The molecule has 0 aliphatic carbocycles. The smallest absolute Gasteiger partial charge is 0.336 e. The van der Waals surface area contributed by atoms with E-state index < -0.39 is 16.0 Å². The highest BCUT2D eigenvalue weighted by atomic mass is 35.5. The lowest BCUT2D eigenvalue weighted by atomic mass is 9.99. The van der Waals surface area contributed by atoms with Crippen LogP contribution in [0.4, 0.5) is 0 Å². The molecular weight excluding hydrogens is 314 g/mol. The fourth-order valence-electron chi connectivity index (χ4n) is 1.71. The minimum atomic E-state index is -3.80. The lowest BCUT2D eigenvalue weighted by Crippen LogP contribution is -2.31. The van der Waals surface area contributed by atoms with Gasteiger partial charge < -0.3 is 5.11 Å². The molecule has 1 atom stereocenters. The summed E-state index contributed by atoms with van der Waals surface area (Å²) in [5, 5.41) is 9.18. The molecule has 0 aliphatic rings. The summed E-state index contributed by atoms with van der Waals surface area (Å²) in [7, 11) is -3.80. The van der Waals surface area contributed by atoms with Crippen LogP contribution in [0.2, 0.25) is 5.02 Å². The third-order valence-electron chi connectivity index (χ3n) is 3.58. The highest BCUT2D eigenvalue weighted by Crippen LogP contribution is 2.24. The van der Waals surface area contributed by atoms with Gasteiger partial charge in [-0.3, -0.25) is 0 Å². The largest absolute Gasteiger partial charge is 0.478 e. The molecule has 0 radical (unpaired) electrons. The number of aromatic carboxylic acids is 1. The zero-order valence-electron chi connectivity index (χ0n) is 12.5. The van der Waals surface area contributed by atoms with Gasteiger partial charge in [-0.1, -0.05) is 32.4 Å². The zero-order valence-corrected chi connectivity index (χ0v) is 14.0. The molecule has 0 heterocycles. The van der Waals surface area contributed by atoms with Crippen molar-refractivity contribution in [2.45, 2.75) is 32.6 Å². The Balaban J connectivity index is 3.17. The van der Waals surface area contributed by atoms with Crippen molar-refractivity contribution >= 4 is 27.6 Å². The molecule has 1 aromatic carbocycles. The van der Waals surface area contributed by atoms with Crippen molar-refractivity contribution in [3.8, 4) is 0 Å². The molecule has 2 N–H and O–H groups in total. The highest BCUT2D eigenvalue weighted by Gasteiger charge is 2.23. The summed E-state index contributed by atoms with van der Waals surface area (Å²) in [6, 6.07) is 2.51. The number of nitrogens with one attached hydrogen (secondary N) is 1. The van der Waals surface area contributed by atoms with Crippen LogP contribution >= 0.6 is 11.6 Å². The molecule has 0 amide bonds. The molecular formula is C14H20ClNO4S. The topological polar surface area (TPSA) is 83.5 Å². The fraction of sp³-hybridized carbons (Fsp3) is 0.500. The van der Waals surface area contributed by atoms with Gasteiger partial charge in [-0.15, -0.1) is 0 Å². The highest BCUT2D eigenvalue weighted by molar-refractivity contribution is 7.89. The van der Waals surface area contributed by atoms with Crippen LogP contribution in [0, 0.1) is 18.8 Å². The van der Waals surface area contributed by atoms with Gasteiger partial charge >= 0.3 is 5.97 Å². The van der Waals surface area contributed by atoms with E-state index in [9.17, 15) is 13.2 Å². The number of carboxylic acids is 1. The first-order valence-electron chi connectivity index (χ1n) is 6.59. The minimum absolute atomic E-state index is 0.0790. The quantitative estimate of drug-likeness (QED) is 0.838. The van der Waals surface area contributed by atoms with Gasteiger partial charge in [-0.25, -0.2) is 17.9 Å². The van der Waals surface area contributed by atoms with E-state index in [1.807, 2.05) is 20.8 Å². The molecule has 0 spiro atoms. The van der Waals surface area contributed by atoms with Gasteiger partial charge in [0, 0.05) is 11.6 Å². The first-order valence-corrected chi connectivity index (χ1v) is 8.45. The normalized spacial score (nSPS) is 13.4. The Morgan fingerprint density at radius 3 is 2.38 bits per heavy atom. The molecule has 1 unspecified atom stereocenters. The Morgan fingerprint density at radius 2 is 1.90 bits per heavy atom. The zero-order chi connectivity index (χ0) is 16.4. The molecule has 0 saturated carbocycles. The summed E-state index contributed by atoms with van der Waals surface area (Å²) < 4.78 is 27.2. The van der Waals surface area contributed by atoms with Gasteiger partial charge in [0.05, 0.1) is 10.5 Å². The summed E-state index contributed by atoms with van der Waals surface area (Å²) in [6.45, 7) is 7.70. The van der Waals surface area contributed by atoms with E-state index >= 15 is 0 Å². The number of hydrogen-bond donors (Lipinski definition) is 2. The SMILES string of the molecule is Cc1c(C(=O)O)cc(Cl)cc1S(=O)(=O)NCC(C)C(C)C. The average Bonchev–Trinajstić information content (AvgIpc) is 2.37. The van der Waals surface area contributed by atoms with Crippen molar-refractivity contribution in [1.82, 2.24) is 4.72 Å². The number of rotatable bonds is 6. The monoisotopic (exact) mass is 333 g/mol. The van der Waals surface area contributed by atoms with E-state index in [2.05, 4.69) is 4.72 Å². The molecule has 0 saturated heterocycles. The van der Waals surface area contributed by atoms with Crippen LogP contribution in [-0.2, 0) is 10.0 Å². The Bertz CT molecular complexity index is 641. The van der Waals surface area contributed by atoms with Crippen molar-refractivity contribution in [1.29, 1.82) is 0 Å². The van der Waals surface area contributed by atoms with Crippen molar-refractivity contribution in [2.24, 2.45) is 11.8 Å². The van der Waals surface area contributed by atoms with Crippen LogP contribution in [0.25, 0.3) is 0 Å². The predicted octanol–water partition coefficient (Wildman–Crippen LogP) is 2.92. The molecule has 0 aliphatic heterocycles. The predicted molar refractivity (Wildman–Crippen MR) is 82.3 cm³/mol. The van der Waals surface area contributed by atoms with Crippen LogP contribution < -0.4 is 4.72 Å². The summed E-state index contributed by atoms with van der Waals surface area (Å²) in [5.74, 6) is -0.706. The Hall–Kier alpha value is -1.11. The third-order valence-corrected chi connectivity index (χ3v) is 5.35. The maximum absolute atomic E-state index is 12.3. The summed E-state index contributed by atoms with van der Waals surface area (Å²) in [4.78, 5) is 11.0. The molecule has 0 aromatic heterocycles. The maximum Gasteiger partial charge on any atom is 0.336 e. The van der Waals surface area contributed by atoms with Gasteiger partial charge in [0.15, 0.2) is 0 Å². The van der Waals surface area contributed by atoms with E-state index in [1.165, 1.54) is 19.1 Å². The van der Waals surface area contributed by atoms with E-state index in [1.54, 1.807) is 0 Å². The van der Waals surface area contributed by atoms with Gasteiger partial charge in [0.25, 0.3) is 0 Å². The van der Waals surface area contributed by atoms with Crippen molar-refractivity contribution in [3.63, 3.8) is 0 Å². The van der Waals surface area contributed by atoms with Crippen LogP contribution in [0.15, 0.2) is 17.0 Å². The minimum Gasteiger partial charge on any atom is -0.478 e. The van der Waals surface area contributed by atoms with Crippen molar-refractivity contribution in [3.05, 3.63) is 28.3 Å². The number of carboxylic acid groups (broad SMARTS) is 1. The van der Waals surface area contributed by atoms with E-state index in [0.29, 0.717) is 5.92 Å². The lowest BCUT2D eigenvalue weighted by molar-refractivity contribution is 0.0696. The molecule has 7 heteroatoms. The Morgan fingerprint density at radius 1 is 1.33 bits per heavy atom. The summed E-state index contributed by atoms with van der Waals surface area (Å²) in [5.41, 5.74) is 0.0661. The number of carbonyl (C=O) groups is 1. The summed E-state index contributed by atoms with van der Waals surface area (Å²) in [6.07, 6.45) is 0. The summed E-state index contributed by atoms with van der Waals surface area (Å²) >= 11 is 5.83. The number of benzene rings is 1. The van der Waals surface area contributed by atoms with Crippen molar-refractivity contribution in [2.75, 3.05) is 6.54 Å².